The molecule has 1 aromatic carbocycles. The van der Waals surface area contributed by atoms with E-state index in [1.54, 1.807) is 6.26 Å². The summed E-state index contributed by atoms with van der Waals surface area (Å²) in [4.78, 5) is 0. The van der Waals surface area contributed by atoms with Crippen molar-refractivity contribution in [3.8, 4) is 5.75 Å². The second kappa shape index (κ2) is 7.77. The summed E-state index contributed by atoms with van der Waals surface area (Å²) in [5.41, 5.74) is 1.12. The standard InChI is InChI=1S/C15H22O2/c1-4-6-13(3)17-12-11-14-7-9-15(10-8-14)16-5-2/h7-13H,4-6H2,1-3H3. The summed E-state index contributed by atoms with van der Waals surface area (Å²) >= 11 is 0. The second-order valence-corrected chi connectivity index (χ2v) is 4.04. The Balaban J connectivity index is 2.42. The maximum absolute atomic E-state index is 5.55. The molecular weight excluding hydrogens is 212 g/mol. The summed E-state index contributed by atoms with van der Waals surface area (Å²) in [6.45, 7) is 6.94. The molecule has 0 aromatic heterocycles. The highest BCUT2D eigenvalue weighted by molar-refractivity contribution is 5.49. The SMILES string of the molecule is CCCC(C)OC=Cc1ccc(OCC)cc1. The molecule has 2 nitrogen and oxygen atoms in total. The van der Waals surface area contributed by atoms with E-state index >= 15 is 0 Å². The minimum absolute atomic E-state index is 0.291. The van der Waals surface area contributed by atoms with Crippen LogP contribution in [0, 0.1) is 0 Å². The average molecular weight is 234 g/mol. The van der Waals surface area contributed by atoms with Crippen LogP contribution in [0.2, 0.25) is 0 Å². The number of hydrogen-bond donors (Lipinski definition) is 0. The highest BCUT2D eigenvalue weighted by Crippen LogP contribution is 2.13. The van der Waals surface area contributed by atoms with Crippen LogP contribution in [0.5, 0.6) is 5.75 Å². The highest BCUT2D eigenvalue weighted by Gasteiger charge is 1.96. The van der Waals surface area contributed by atoms with Gasteiger partial charge in [0.25, 0.3) is 0 Å². The number of hydrogen-bond acceptors (Lipinski definition) is 2. The van der Waals surface area contributed by atoms with E-state index in [1.807, 2.05) is 37.3 Å². The van der Waals surface area contributed by atoms with Gasteiger partial charge in [0.15, 0.2) is 0 Å². The molecule has 1 unspecified atom stereocenters. The molecule has 0 N–H and O–H groups in total. The van der Waals surface area contributed by atoms with Gasteiger partial charge < -0.3 is 9.47 Å². The zero-order chi connectivity index (χ0) is 12.5. The van der Waals surface area contributed by atoms with Crippen molar-refractivity contribution in [2.24, 2.45) is 0 Å². The van der Waals surface area contributed by atoms with E-state index in [2.05, 4.69) is 13.8 Å². The van der Waals surface area contributed by atoms with E-state index in [9.17, 15) is 0 Å². The first kappa shape index (κ1) is 13.6. The normalized spacial score (nSPS) is 12.6. The molecule has 0 saturated carbocycles. The van der Waals surface area contributed by atoms with Gasteiger partial charge in [-0.25, -0.2) is 0 Å². The number of ether oxygens (including phenoxy) is 2. The molecule has 1 aromatic rings. The van der Waals surface area contributed by atoms with Crippen molar-refractivity contribution < 1.29 is 9.47 Å². The molecule has 0 heterocycles. The molecule has 0 saturated heterocycles. The van der Waals surface area contributed by atoms with Crippen LogP contribution in [0.4, 0.5) is 0 Å². The molecule has 1 atom stereocenters. The Morgan fingerprint density at radius 1 is 1.18 bits per heavy atom. The van der Waals surface area contributed by atoms with Crippen LogP contribution in [0.15, 0.2) is 30.5 Å². The zero-order valence-corrected chi connectivity index (χ0v) is 11.0. The Kier molecular flexibility index (Phi) is 6.23. The lowest BCUT2D eigenvalue weighted by Gasteiger charge is -2.09. The molecule has 0 aliphatic rings. The van der Waals surface area contributed by atoms with Gasteiger partial charge in [0, 0.05) is 0 Å². The van der Waals surface area contributed by atoms with Gasteiger partial charge in [0.1, 0.15) is 5.75 Å². The summed E-state index contributed by atoms with van der Waals surface area (Å²) in [5, 5.41) is 0. The molecule has 0 spiro atoms. The van der Waals surface area contributed by atoms with E-state index in [-0.39, 0.29) is 0 Å². The Morgan fingerprint density at radius 3 is 2.47 bits per heavy atom. The van der Waals surface area contributed by atoms with Crippen molar-refractivity contribution in [3.05, 3.63) is 36.1 Å². The first-order valence-electron chi connectivity index (χ1n) is 6.31. The third kappa shape index (κ3) is 5.43. The minimum atomic E-state index is 0.291. The van der Waals surface area contributed by atoms with Crippen molar-refractivity contribution in [3.63, 3.8) is 0 Å². The van der Waals surface area contributed by atoms with Crippen molar-refractivity contribution >= 4 is 6.08 Å². The van der Waals surface area contributed by atoms with E-state index in [0.29, 0.717) is 12.7 Å². The Labute approximate surface area is 104 Å². The third-order valence-electron chi connectivity index (χ3n) is 2.46. The molecule has 0 aliphatic carbocycles. The molecule has 0 amide bonds. The summed E-state index contributed by atoms with van der Waals surface area (Å²) in [6.07, 6.45) is 6.28. The van der Waals surface area contributed by atoms with E-state index in [0.717, 1.165) is 24.2 Å². The van der Waals surface area contributed by atoms with Crippen LogP contribution in [-0.2, 0) is 4.74 Å². The van der Waals surface area contributed by atoms with Gasteiger partial charge in [-0.2, -0.15) is 0 Å². The predicted molar refractivity (Wildman–Crippen MR) is 72.1 cm³/mol. The Hall–Kier alpha value is -1.44. The molecule has 0 bridgehead atoms. The van der Waals surface area contributed by atoms with Gasteiger partial charge in [-0.15, -0.1) is 0 Å². The fraction of sp³-hybridized carbons (Fsp3) is 0.467. The summed E-state index contributed by atoms with van der Waals surface area (Å²) in [5.74, 6) is 0.907. The van der Waals surface area contributed by atoms with Gasteiger partial charge in [0.2, 0.25) is 0 Å². The van der Waals surface area contributed by atoms with E-state index in [1.165, 1.54) is 0 Å². The molecule has 0 fully saturated rings. The smallest absolute Gasteiger partial charge is 0.119 e. The van der Waals surface area contributed by atoms with Gasteiger partial charge >= 0.3 is 0 Å². The fourth-order valence-electron chi connectivity index (χ4n) is 1.57. The Morgan fingerprint density at radius 2 is 1.88 bits per heavy atom. The van der Waals surface area contributed by atoms with Crippen molar-refractivity contribution in [1.82, 2.24) is 0 Å². The van der Waals surface area contributed by atoms with Crippen LogP contribution < -0.4 is 4.74 Å². The van der Waals surface area contributed by atoms with Crippen molar-refractivity contribution in [2.45, 2.75) is 39.7 Å². The quantitative estimate of drug-likeness (QED) is 0.656. The van der Waals surface area contributed by atoms with Crippen molar-refractivity contribution in [2.75, 3.05) is 6.61 Å². The molecule has 0 radical (unpaired) electrons. The van der Waals surface area contributed by atoms with Crippen LogP contribution in [0.1, 0.15) is 39.2 Å². The summed E-state index contributed by atoms with van der Waals surface area (Å²) in [7, 11) is 0. The van der Waals surface area contributed by atoms with E-state index in [4.69, 9.17) is 9.47 Å². The van der Waals surface area contributed by atoms with Gasteiger partial charge in [-0.3, -0.25) is 0 Å². The molecule has 1 rings (SSSR count). The zero-order valence-electron chi connectivity index (χ0n) is 11.0. The lowest BCUT2D eigenvalue weighted by atomic mass is 10.2. The Bertz CT molecular complexity index is 327. The molecule has 17 heavy (non-hydrogen) atoms. The van der Waals surface area contributed by atoms with Gasteiger partial charge in [-0.1, -0.05) is 25.5 Å². The topological polar surface area (TPSA) is 18.5 Å². The maximum Gasteiger partial charge on any atom is 0.119 e. The average Bonchev–Trinajstić information content (AvgIpc) is 2.32. The molecule has 0 aliphatic heterocycles. The summed E-state index contributed by atoms with van der Waals surface area (Å²) in [6, 6.07) is 7.99. The highest BCUT2D eigenvalue weighted by atomic mass is 16.5. The van der Waals surface area contributed by atoms with Crippen LogP contribution in [-0.4, -0.2) is 12.7 Å². The second-order valence-electron chi connectivity index (χ2n) is 4.04. The minimum Gasteiger partial charge on any atom is -0.498 e. The van der Waals surface area contributed by atoms with Crippen LogP contribution in [0.3, 0.4) is 0 Å². The van der Waals surface area contributed by atoms with E-state index < -0.39 is 0 Å². The number of rotatable bonds is 7. The largest absolute Gasteiger partial charge is 0.498 e. The van der Waals surface area contributed by atoms with Gasteiger partial charge in [0.05, 0.1) is 19.0 Å². The molecule has 94 valence electrons. The van der Waals surface area contributed by atoms with Crippen LogP contribution in [0.25, 0.3) is 6.08 Å². The van der Waals surface area contributed by atoms with Gasteiger partial charge in [-0.05, 0) is 44.0 Å². The molecule has 2 heteroatoms. The first-order valence-corrected chi connectivity index (χ1v) is 6.31. The van der Waals surface area contributed by atoms with Crippen LogP contribution >= 0.6 is 0 Å². The number of benzene rings is 1. The summed E-state index contributed by atoms with van der Waals surface area (Å²) < 4.78 is 10.9. The first-order chi connectivity index (χ1) is 8.26. The maximum atomic E-state index is 5.55. The molecular formula is C15H22O2. The monoisotopic (exact) mass is 234 g/mol. The lowest BCUT2D eigenvalue weighted by molar-refractivity contribution is 0.154. The van der Waals surface area contributed by atoms with Crippen molar-refractivity contribution in [1.29, 1.82) is 0 Å². The third-order valence-corrected chi connectivity index (χ3v) is 2.46. The fourth-order valence-corrected chi connectivity index (χ4v) is 1.57. The predicted octanol–water partition coefficient (Wildman–Crippen LogP) is 4.26. The lowest BCUT2D eigenvalue weighted by Crippen LogP contribution is -2.02.